The van der Waals surface area contributed by atoms with Crippen molar-refractivity contribution in [2.45, 2.75) is 25.6 Å². The number of carbonyl (C=O) groups excluding carboxylic acids is 1. The van der Waals surface area contributed by atoms with Gasteiger partial charge in [0.25, 0.3) is 0 Å². The maximum atomic E-state index is 13.1. The first kappa shape index (κ1) is 22.2. The minimum atomic E-state index is -3.71. The fourth-order valence-electron chi connectivity index (χ4n) is 2.67. The third-order valence-corrected chi connectivity index (χ3v) is 6.38. The number of nitrogens with one attached hydrogen (secondary N) is 1. The van der Waals surface area contributed by atoms with Crippen molar-refractivity contribution in [3.05, 3.63) is 65.5 Å². The highest BCUT2D eigenvalue weighted by Gasteiger charge is 2.28. The Hall–Kier alpha value is -2.06. The minimum Gasteiger partial charge on any atom is -0.353 e. The van der Waals surface area contributed by atoms with Crippen molar-refractivity contribution >= 4 is 33.4 Å². The number of nitrogens with zero attached hydrogens (tertiary/aromatic N) is 1. The Bertz CT molecular complexity index is 885. The van der Waals surface area contributed by atoms with E-state index in [-0.39, 0.29) is 5.69 Å². The van der Waals surface area contributed by atoms with Gasteiger partial charge in [0.2, 0.25) is 15.9 Å². The summed E-state index contributed by atoms with van der Waals surface area (Å²) in [5, 5.41) is 2.77. The fraction of sp³-hybridized carbons (Fsp3) is 0.350. The molecule has 2 rings (SSSR count). The Morgan fingerprint density at radius 3 is 2.32 bits per heavy atom. The summed E-state index contributed by atoms with van der Waals surface area (Å²) in [6, 6.07) is 12.4. The third-order valence-electron chi connectivity index (χ3n) is 4.10. The lowest BCUT2D eigenvalue weighted by Crippen LogP contribution is -2.48. The van der Waals surface area contributed by atoms with Gasteiger partial charge in [-0.1, -0.05) is 29.8 Å². The molecule has 5 nitrogen and oxygen atoms in total. The van der Waals surface area contributed by atoms with Crippen molar-refractivity contribution in [2.24, 2.45) is 0 Å². The van der Waals surface area contributed by atoms with Crippen LogP contribution in [0.2, 0.25) is 0 Å². The summed E-state index contributed by atoms with van der Waals surface area (Å²) in [6.45, 7) is 3.99. The van der Waals surface area contributed by atoms with E-state index in [1.165, 1.54) is 42.3 Å². The van der Waals surface area contributed by atoms with E-state index in [1.54, 1.807) is 11.8 Å². The topological polar surface area (TPSA) is 66.5 Å². The molecule has 0 spiro atoms. The minimum absolute atomic E-state index is 0.250. The summed E-state index contributed by atoms with van der Waals surface area (Å²) in [5.74, 6) is 0.684. The van der Waals surface area contributed by atoms with Crippen LogP contribution in [0.25, 0.3) is 0 Å². The molecule has 2 aromatic rings. The van der Waals surface area contributed by atoms with E-state index in [4.69, 9.17) is 0 Å². The zero-order valence-electron chi connectivity index (χ0n) is 16.2. The second-order valence-electron chi connectivity index (χ2n) is 6.54. The van der Waals surface area contributed by atoms with Crippen LogP contribution in [0.4, 0.5) is 10.1 Å². The van der Waals surface area contributed by atoms with E-state index >= 15 is 0 Å². The standard InChI is InChI=1S/C20H25FN2O3S2/c1-15-4-6-17(7-5-15)14-27-13-12-22-20(24)16(2)23(28(3,25)26)19-10-8-18(21)9-11-19/h4-11,16H,12-14H2,1-3H3,(H,22,24)/t16-/m1/s1. The number of aryl methyl sites for hydroxylation is 1. The molecule has 0 fully saturated rings. The molecule has 0 bridgehead atoms. The van der Waals surface area contributed by atoms with Crippen LogP contribution in [0.15, 0.2) is 48.5 Å². The number of hydrogen-bond acceptors (Lipinski definition) is 4. The summed E-state index contributed by atoms with van der Waals surface area (Å²) in [5.41, 5.74) is 2.68. The first-order valence-electron chi connectivity index (χ1n) is 8.84. The Morgan fingerprint density at radius 1 is 1.14 bits per heavy atom. The Kier molecular flexibility index (Phi) is 7.88. The van der Waals surface area contributed by atoms with Gasteiger partial charge in [-0.3, -0.25) is 9.10 Å². The number of rotatable bonds is 9. The number of benzene rings is 2. The summed E-state index contributed by atoms with van der Waals surface area (Å²) >= 11 is 1.69. The maximum Gasteiger partial charge on any atom is 0.243 e. The summed E-state index contributed by atoms with van der Waals surface area (Å²) < 4.78 is 38.5. The van der Waals surface area contributed by atoms with Gasteiger partial charge in [-0.05, 0) is 43.7 Å². The van der Waals surface area contributed by atoms with Crippen LogP contribution in [0.1, 0.15) is 18.1 Å². The molecule has 0 saturated carbocycles. The molecule has 1 N–H and O–H groups in total. The van der Waals surface area contributed by atoms with E-state index in [0.717, 1.165) is 16.3 Å². The zero-order chi connectivity index (χ0) is 20.7. The Balaban J connectivity index is 1.88. The van der Waals surface area contributed by atoms with Crippen LogP contribution >= 0.6 is 11.8 Å². The van der Waals surface area contributed by atoms with Crippen molar-refractivity contribution in [3.8, 4) is 0 Å². The molecule has 28 heavy (non-hydrogen) atoms. The van der Waals surface area contributed by atoms with Crippen molar-refractivity contribution in [1.82, 2.24) is 5.32 Å². The summed E-state index contributed by atoms with van der Waals surface area (Å²) in [4.78, 5) is 12.4. The molecule has 0 aliphatic carbocycles. The van der Waals surface area contributed by atoms with Crippen LogP contribution < -0.4 is 9.62 Å². The van der Waals surface area contributed by atoms with Gasteiger partial charge >= 0.3 is 0 Å². The van der Waals surface area contributed by atoms with Crippen LogP contribution in [-0.2, 0) is 20.6 Å². The van der Waals surface area contributed by atoms with Crippen LogP contribution in [0.5, 0.6) is 0 Å². The molecule has 1 atom stereocenters. The molecular formula is C20H25FN2O3S2. The molecule has 0 heterocycles. The molecule has 152 valence electrons. The maximum absolute atomic E-state index is 13.1. The molecule has 1 amide bonds. The van der Waals surface area contributed by atoms with Crippen LogP contribution in [0, 0.1) is 12.7 Å². The van der Waals surface area contributed by atoms with Gasteiger partial charge in [-0.2, -0.15) is 11.8 Å². The molecule has 0 unspecified atom stereocenters. The molecule has 2 aromatic carbocycles. The zero-order valence-corrected chi connectivity index (χ0v) is 17.8. The van der Waals surface area contributed by atoms with Gasteiger partial charge < -0.3 is 5.32 Å². The Labute approximate surface area is 170 Å². The van der Waals surface area contributed by atoms with E-state index in [2.05, 4.69) is 29.6 Å². The van der Waals surface area contributed by atoms with Crippen LogP contribution in [0.3, 0.4) is 0 Å². The molecule has 0 aromatic heterocycles. The average Bonchev–Trinajstić information content (AvgIpc) is 2.63. The molecule has 0 saturated heterocycles. The normalized spacial score (nSPS) is 12.4. The quantitative estimate of drug-likeness (QED) is 0.627. The number of hydrogen-bond donors (Lipinski definition) is 1. The Morgan fingerprint density at radius 2 is 1.75 bits per heavy atom. The predicted molar refractivity (Wildman–Crippen MR) is 114 cm³/mol. The van der Waals surface area contributed by atoms with E-state index < -0.39 is 27.8 Å². The lowest BCUT2D eigenvalue weighted by atomic mass is 10.2. The number of anilines is 1. The van der Waals surface area contributed by atoms with Gasteiger partial charge in [-0.25, -0.2) is 12.8 Å². The monoisotopic (exact) mass is 424 g/mol. The number of sulfonamides is 1. The first-order chi connectivity index (χ1) is 13.2. The number of thioether (sulfide) groups is 1. The van der Waals surface area contributed by atoms with Crippen molar-refractivity contribution in [1.29, 1.82) is 0 Å². The summed E-state index contributed by atoms with van der Waals surface area (Å²) in [6.07, 6.45) is 1.03. The van der Waals surface area contributed by atoms with Gasteiger partial charge in [-0.15, -0.1) is 0 Å². The van der Waals surface area contributed by atoms with Crippen LogP contribution in [-0.4, -0.2) is 38.9 Å². The average molecular weight is 425 g/mol. The fourth-order valence-corrected chi connectivity index (χ4v) is 4.66. The van der Waals surface area contributed by atoms with Gasteiger partial charge in [0.15, 0.2) is 0 Å². The summed E-state index contributed by atoms with van der Waals surface area (Å²) in [7, 11) is -3.71. The molecule has 8 heteroatoms. The predicted octanol–water partition coefficient (Wildman–Crippen LogP) is 3.34. The molecule has 0 aliphatic rings. The van der Waals surface area contributed by atoms with Crippen molar-refractivity contribution in [2.75, 3.05) is 22.9 Å². The number of amides is 1. The second-order valence-corrected chi connectivity index (χ2v) is 9.51. The van der Waals surface area contributed by atoms with Gasteiger partial charge in [0, 0.05) is 18.1 Å². The lowest BCUT2D eigenvalue weighted by Gasteiger charge is -2.28. The highest BCUT2D eigenvalue weighted by Crippen LogP contribution is 2.21. The third kappa shape index (κ3) is 6.53. The highest BCUT2D eigenvalue weighted by molar-refractivity contribution is 7.98. The largest absolute Gasteiger partial charge is 0.353 e. The van der Waals surface area contributed by atoms with E-state index in [0.29, 0.717) is 12.3 Å². The van der Waals surface area contributed by atoms with E-state index in [1.807, 2.05) is 6.92 Å². The van der Waals surface area contributed by atoms with Crippen molar-refractivity contribution in [3.63, 3.8) is 0 Å². The van der Waals surface area contributed by atoms with Crippen molar-refractivity contribution < 1.29 is 17.6 Å². The van der Waals surface area contributed by atoms with Gasteiger partial charge in [0.05, 0.1) is 11.9 Å². The first-order valence-corrected chi connectivity index (χ1v) is 11.8. The highest BCUT2D eigenvalue weighted by atomic mass is 32.2. The molecule has 0 aliphatic heterocycles. The van der Waals surface area contributed by atoms with Gasteiger partial charge in [0.1, 0.15) is 11.9 Å². The van der Waals surface area contributed by atoms with E-state index in [9.17, 15) is 17.6 Å². The number of carbonyl (C=O) groups is 1. The smallest absolute Gasteiger partial charge is 0.243 e. The lowest BCUT2D eigenvalue weighted by molar-refractivity contribution is -0.121. The SMILES string of the molecule is Cc1ccc(CSCCNC(=O)[C@@H](C)N(c2ccc(F)cc2)S(C)(=O)=O)cc1. The second kappa shape index (κ2) is 9.93. The molecule has 0 radical (unpaired) electrons. The number of halogens is 1. The molecular weight excluding hydrogens is 399 g/mol.